The molecule has 0 saturated carbocycles. The van der Waals surface area contributed by atoms with Crippen molar-refractivity contribution in [3.05, 3.63) is 56.5 Å². The maximum absolute atomic E-state index is 11.8. The minimum atomic E-state index is 0.201. The molecule has 1 saturated heterocycles. The molecule has 4 nitrogen and oxygen atoms in total. The van der Waals surface area contributed by atoms with Crippen LogP contribution in [0.4, 0.5) is 0 Å². The third kappa shape index (κ3) is 4.01. The van der Waals surface area contributed by atoms with E-state index in [9.17, 15) is 4.79 Å². The second kappa shape index (κ2) is 9.03. The summed E-state index contributed by atoms with van der Waals surface area (Å²) in [6.07, 6.45) is 7.69. The molecule has 4 heterocycles. The summed E-state index contributed by atoms with van der Waals surface area (Å²) in [7, 11) is 0. The second-order valence-electron chi connectivity index (χ2n) is 9.45. The average Bonchev–Trinajstić information content (AvgIpc) is 3.39. The smallest absolute Gasteiger partial charge is 0.219 e. The molecule has 2 aromatic heterocycles. The van der Waals surface area contributed by atoms with Crippen LogP contribution in [0.5, 0.6) is 0 Å². The summed E-state index contributed by atoms with van der Waals surface area (Å²) in [6, 6.07) is 6.36. The quantitative estimate of drug-likeness (QED) is 0.501. The van der Waals surface area contributed by atoms with Gasteiger partial charge in [0.05, 0.1) is 12.8 Å². The fourth-order valence-electron chi connectivity index (χ4n) is 5.73. The van der Waals surface area contributed by atoms with Crippen LogP contribution in [-0.4, -0.2) is 41.9 Å². The summed E-state index contributed by atoms with van der Waals surface area (Å²) >= 11 is 1.96. The van der Waals surface area contributed by atoms with E-state index >= 15 is 0 Å². The molecule has 0 atom stereocenters. The third-order valence-corrected chi connectivity index (χ3v) is 8.89. The summed E-state index contributed by atoms with van der Waals surface area (Å²) in [5.41, 5.74) is 6.88. The van der Waals surface area contributed by atoms with Gasteiger partial charge in [-0.1, -0.05) is 19.1 Å². The molecule has 0 radical (unpaired) electrons. The maximum atomic E-state index is 11.8. The number of aryl methyl sites for hydroxylation is 1. The Labute approximate surface area is 195 Å². The molecule has 5 heteroatoms. The molecule has 1 fully saturated rings. The van der Waals surface area contributed by atoms with Gasteiger partial charge in [0.25, 0.3) is 0 Å². The molecule has 170 valence electrons. The van der Waals surface area contributed by atoms with Crippen molar-refractivity contribution in [2.24, 2.45) is 0 Å². The molecule has 1 aromatic carbocycles. The van der Waals surface area contributed by atoms with Crippen molar-refractivity contribution in [3.8, 4) is 0 Å². The standard InChI is InChI=1S/C27H34N2O2S/c1-4-21-22-10-15-29(19(3)30)16-26(22)32-25(21)11-14-28-12-8-20(9-13-28)23-17-31-24-7-5-6-18(2)27(23)24/h5-7,17,20H,4,8-16H2,1-3H3. The molecule has 0 aliphatic carbocycles. The SMILES string of the molecule is CCc1c(CCN2CCC(c3coc4cccc(C)c34)CC2)sc2c1CCN(C(C)=O)C2. The maximum Gasteiger partial charge on any atom is 0.219 e. The number of hydrogen-bond acceptors (Lipinski definition) is 4. The number of hydrogen-bond donors (Lipinski definition) is 0. The topological polar surface area (TPSA) is 36.7 Å². The fourth-order valence-corrected chi connectivity index (χ4v) is 7.18. The number of rotatable bonds is 5. The van der Waals surface area contributed by atoms with Crippen LogP contribution in [0.15, 0.2) is 28.9 Å². The van der Waals surface area contributed by atoms with E-state index in [1.54, 1.807) is 22.9 Å². The van der Waals surface area contributed by atoms with Gasteiger partial charge in [0.2, 0.25) is 5.91 Å². The Bertz CT molecular complexity index is 1120. The summed E-state index contributed by atoms with van der Waals surface area (Å²) < 4.78 is 5.87. The lowest BCUT2D eigenvalue weighted by molar-refractivity contribution is -0.129. The van der Waals surface area contributed by atoms with E-state index in [0.717, 1.165) is 57.6 Å². The van der Waals surface area contributed by atoms with Gasteiger partial charge >= 0.3 is 0 Å². The summed E-state index contributed by atoms with van der Waals surface area (Å²) in [4.78, 5) is 19.4. The average molecular weight is 451 g/mol. The first-order valence-corrected chi connectivity index (χ1v) is 12.9. The number of piperidine rings is 1. The van der Waals surface area contributed by atoms with Crippen molar-refractivity contribution in [3.63, 3.8) is 0 Å². The van der Waals surface area contributed by atoms with E-state index in [1.165, 1.54) is 34.2 Å². The Morgan fingerprint density at radius 3 is 2.78 bits per heavy atom. The van der Waals surface area contributed by atoms with Gasteiger partial charge in [-0.3, -0.25) is 4.79 Å². The number of thiophene rings is 1. The van der Waals surface area contributed by atoms with Crippen molar-refractivity contribution >= 4 is 28.2 Å². The molecule has 2 aliphatic rings. The minimum Gasteiger partial charge on any atom is -0.464 e. The largest absolute Gasteiger partial charge is 0.464 e. The molecule has 5 rings (SSSR count). The van der Waals surface area contributed by atoms with Crippen LogP contribution in [0.25, 0.3) is 11.0 Å². The van der Waals surface area contributed by atoms with Crippen molar-refractivity contribution in [2.75, 3.05) is 26.2 Å². The van der Waals surface area contributed by atoms with Crippen molar-refractivity contribution in [1.29, 1.82) is 0 Å². The number of furan rings is 1. The Morgan fingerprint density at radius 2 is 2.03 bits per heavy atom. The highest BCUT2D eigenvalue weighted by atomic mass is 32.1. The molecule has 3 aromatic rings. The van der Waals surface area contributed by atoms with Gasteiger partial charge in [-0.05, 0) is 80.8 Å². The fraction of sp³-hybridized carbons (Fsp3) is 0.519. The number of fused-ring (bicyclic) bond motifs is 2. The summed E-state index contributed by atoms with van der Waals surface area (Å²) in [6.45, 7) is 11.3. The number of nitrogens with zero attached hydrogens (tertiary/aromatic N) is 2. The van der Waals surface area contributed by atoms with Crippen LogP contribution in [0.2, 0.25) is 0 Å². The summed E-state index contributed by atoms with van der Waals surface area (Å²) in [5.74, 6) is 0.804. The van der Waals surface area contributed by atoms with Gasteiger partial charge in [0.1, 0.15) is 5.58 Å². The predicted octanol–water partition coefficient (Wildman–Crippen LogP) is 5.69. The lowest BCUT2D eigenvalue weighted by Crippen LogP contribution is -2.34. The highest BCUT2D eigenvalue weighted by Gasteiger charge is 2.27. The van der Waals surface area contributed by atoms with Gasteiger partial charge < -0.3 is 14.2 Å². The zero-order valence-electron chi connectivity index (χ0n) is 19.6. The van der Waals surface area contributed by atoms with Gasteiger partial charge in [0, 0.05) is 40.7 Å². The van der Waals surface area contributed by atoms with Crippen molar-refractivity contribution in [2.45, 2.75) is 65.3 Å². The minimum absolute atomic E-state index is 0.201. The van der Waals surface area contributed by atoms with Crippen LogP contribution < -0.4 is 0 Å². The Kier molecular flexibility index (Phi) is 6.13. The first-order chi connectivity index (χ1) is 15.5. The summed E-state index contributed by atoms with van der Waals surface area (Å²) in [5, 5.41) is 1.34. The highest BCUT2D eigenvalue weighted by Crippen LogP contribution is 2.37. The molecule has 1 amide bonds. The van der Waals surface area contributed by atoms with Gasteiger partial charge in [0.15, 0.2) is 0 Å². The second-order valence-corrected chi connectivity index (χ2v) is 10.6. The first kappa shape index (κ1) is 21.7. The Balaban J connectivity index is 1.22. The van der Waals surface area contributed by atoms with Crippen LogP contribution in [0.1, 0.15) is 64.6 Å². The number of likely N-dealkylation sites (tertiary alicyclic amines) is 1. The van der Waals surface area contributed by atoms with E-state index in [1.807, 2.05) is 22.5 Å². The predicted molar refractivity (Wildman–Crippen MR) is 132 cm³/mol. The van der Waals surface area contributed by atoms with Crippen molar-refractivity contribution < 1.29 is 9.21 Å². The molecule has 2 aliphatic heterocycles. The molecule has 0 bridgehead atoms. The number of carbonyl (C=O) groups excluding carboxylic acids is 1. The molecule has 32 heavy (non-hydrogen) atoms. The highest BCUT2D eigenvalue weighted by molar-refractivity contribution is 7.12. The molecular weight excluding hydrogens is 416 g/mol. The third-order valence-electron chi connectivity index (χ3n) is 7.57. The van der Waals surface area contributed by atoms with Crippen LogP contribution in [0, 0.1) is 6.92 Å². The van der Waals surface area contributed by atoms with E-state index in [-0.39, 0.29) is 5.91 Å². The van der Waals surface area contributed by atoms with Crippen LogP contribution in [0.3, 0.4) is 0 Å². The van der Waals surface area contributed by atoms with E-state index in [4.69, 9.17) is 4.42 Å². The molecule has 0 unspecified atom stereocenters. The van der Waals surface area contributed by atoms with E-state index < -0.39 is 0 Å². The Hall–Kier alpha value is -2.11. The zero-order chi connectivity index (χ0) is 22.2. The van der Waals surface area contributed by atoms with Crippen LogP contribution >= 0.6 is 11.3 Å². The molecule has 0 N–H and O–H groups in total. The number of amides is 1. The van der Waals surface area contributed by atoms with Crippen molar-refractivity contribution in [1.82, 2.24) is 9.80 Å². The number of benzene rings is 1. The molecular formula is C27H34N2O2S. The lowest BCUT2D eigenvalue weighted by Gasteiger charge is -2.31. The zero-order valence-corrected chi connectivity index (χ0v) is 20.4. The monoisotopic (exact) mass is 450 g/mol. The van der Waals surface area contributed by atoms with Gasteiger partial charge in [-0.2, -0.15) is 0 Å². The van der Waals surface area contributed by atoms with Crippen LogP contribution in [-0.2, 0) is 30.6 Å². The lowest BCUT2D eigenvalue weighted by atomic mass is 9.88. The van der Waals surface area contributed by atoms with E-state index in [0.29, 0.717) is 5.92 Å². The normalized spacial score (nSPS) is 17.8. The first-order valence-electron chi connectivity index (χ1n) is 12.1. The Morgan fingerprint density at radius 1 is 1.22 bits per heavy atom. The van der Waals surface area contributed by atoms with Gasteiger partial charge in [-0.25, -0.2) is 0 Å². The molecule has 0 spiro atoms. The number of carbonyl (C=O) groups is 1. The van der Waals surface area contributed by atoms with Gasteiger partial charge in [-0.15, -0.1) is 11.3 Å². The van der Waals surface area contributed by atoms with E-state index in [2.05, 4.69) is 36.9 Å².